The Labute approximate surface area is 166 Å². The van der Waals surface area contributed by atoms with Crippen LogP contribution in [0.3, 0.4) is 0 Å². The van der Waals surface area contributed by atoms with Gasteiger partial charge in [-0.1, -0.05) is 25.6 Å². The molecule has 3 heterocycles. The van der Waals surface area contributed by atoms with E-state index in [1.807, 2.05) is 50.4 Å². The fraction of sp³-hybridized carbons (Fsp3) is 0.400. The molecule has 0 spiro atoms. The standard InChI is InChI=1S/C20H21F2N3O2S/c1-19(2,16-11-26-20(3,4)27-16)18-24-23-17-8-6-13(10-25(17)18)28-15-7-5-12(21)9-14(15)22/h5-10,16H,11H2,1-4H3. The van der Waals surface area contributed by atoms with Gasteiger partial charge in [0.05, 0.1) is 18.1 Å². The molecule has 1 fully saturated rings. The second kappa shape index (κ2) is 6.79. The van der Waals surface area contributed by atoms with Crippen LogP contribution >= 0.6 is 11.8 Å². The molecular formula is C20H21F2N3O2S. The zero-order valence-corrected chi connectivity index (χ0v) is 16.9. The lowest BCUT2D eigenvalue weighted by atomic mass is 9.86. The monoisotopic (exact) mass is 405 g/mol. The van der Waals surface area contributed by atoms with Gasteiger partial charge < -0.3 is 9.47 Å². The predicted molar refractivity (Wildman–Crippen MR) is 101 cm³/mol. The number of halogens is 2. The normalized spacial score (nSPS) is 19.4. The van der Waals surface area contributed by atoms with E-state index >= 15 is 0 Å². The molecule has 28 heavy (non-hydrogen) atoms. The highest BCUT2D eigenvalue weighted by Gasteiger charge is 2.44. The molecule has 1 saturated heterocycles. The maximum atomic E-state index is 14.0. The van der Waals surface area contributed by atoms with Gasteiger partial charge >= 0.3 is 0 Å². The van der Waals surface area contributed by atoms with Crippen LogP contribution in [0, 0.1) is 11.6 Å². The van der Waals surface area contributed by atoms with Crippen LogP contribution in [-0.2, 0) is 14.9 Å². The number of nitrogens with zero attached hydrogens (tertiary/aromatic N) is 3. The highest BCUT2D eigenvalue weighted by atomic mass is 32.2. The Morgan fingerprint density at radius 3 is 2.64 bits per heavy atom. The number of ether oxygens (including phenoxy) is 2. The molecular weight excluding hydrogens is 384 g/mol. The molecule has 4 rings (SSSR count). The Bertz CT molecular complexity index is 1040. The SMILES string of the molecule is CC1(C)OCC(C(C)(C)c2nnc3ccc(Sc4ccc(F)cc4F)cn23)O1. The Morgan fingerprint density at radius 1 is 1.18 bits per heavy atom. The molecule has 148 valence electrons. The number of fused-ring (bicyclic) bond motifs is 1. The number of pyridine rings is 1. The van der Waals surface area contributed by atoms with E-state index in [0.717, 1.165) is 16.8 Å². The molecule has 5 nitrogen and oxygen atoms in total. The van der Waals surface area contributed by atoms with Gasteiger partial charge in [0.15, 0.2) is 11.4 Å². The van der Waals surface area contributed by atoms with E-state index in [9.17, 15) is 8.78 Å². The van der Waals surface area contributed by atoms with Crippen molar-refractivity contribution < 1.29 is 18.3 Å². The molecule has 0 radical (unpaired) electrons. The summed E-state index contributed by atoms with van der Waals surface area (Å²) in [5, 5.41) is 8.63. The van der Waals surface area contributed by atoms with Gasteiger partial charge in [-0.25, -0.2) is 8.78 Å². The Kier molecular flexibility index (Phi) is 4.68. The maximum absolute atomic E-state index is 14.0. The van der Waals surface area contributed by atoms with Crippen molar-refractivity contribution in [2.75, 3.05) is 6.61 Å². The summed E-state index contributed by atoms with van der Waals surface area (Å²) in [4.78, 5) is 1.14. The van der Waals surface area contributed by atoms with E-state index in [-0.39, 0.29) is 6.10 Å². The van der Waals surface area contributed by atoms with Crippen LogP contribution in [0.2, 0.25) is 0 Å². The lowest BCUT2D eigenvalue weighted by Gasteiger charge is -2.29. The lowest BCUT2D eigenvalue weighted by Crippen LogP contribution is -2.38. The van der Waals surface area contributed by atoms with E-state index in [4.69, 9.17) is 9.47 Å². The summed E-state index contributed by atoms with van der Waals surface area (Å²) in [7, 11) is 0. The van der Waals surface area contributed by atoms with Gasteiger partial charge in [-0.05, 0) is 38.1 Å². The van der Waals surface area contributed by atoms with Crippen LogP contribution in [0.25, 0.3) is 5.65 Å². The van der Waals surface area contributed by atoms with Gasteiger partial charge in [0.25, 0.3) is 0 Å². The van der Waals surface area contributed by atoms with Crippen molar-refractivity contribution in [2.24, 2.45) is 0 Å². The lowest BCUT2D eigenvalue weighted by molar-refractivity contribution is -0.145. The molecule has 0 saturated carbocycles. The average Bonchev–Trinajstić information content (AvgIpc) is 3.21. The van der Waals surface area contributed by atoms with Crippen molar-refractivity contribution >= 4 is 17.4 Å². The Hall–Kier alpha value is -2.03. The zero-order chi connectivity index (χ0) is 20.1. The highest BCUT2D eigenvalue weighted by Crippen LogP contribution is 2.37. The van der Waals surface area contributed by atoms with Crippen molar-refractivity contribution in [3.63, 3.8) is 0 Å². The number of aromatic nitrogens is 3. The van der Waals surface area contributed by atoms with Gasteiger partial charge in [-0.2, -0.15) is 0 Å². The van der Waals surface area contributed by atoms with E-state index in [0.29, 0.717) is 17.1 Å². The predicted octanol–water partition coefficient (Wildman–Crippen LogP) is 4.59. The van der Waals surface area contributed by atoms with Crippen LogP contribution in [0.15, 0.2) is 46.3 Å². The first-order chi connectivity index (χ1) is 13.2. The molecule has 0 N–H and O–H groups in total. The second-order valence-corrected chi connectivity index (χ2v) is 8.95. The highest BCUT2D eigenvalue weighted by molar-refractivity contribution is 7.99. The first-order valence-electron chi connectivity index (χ1n) is 8.96. The zero-order valence-electron chi connectivity index (χ0n) is 16.1. The van der Waals surface area contributed by atoms with E-state index in [1.54, 1.807) is 0 Å². The third kappa shape index (κ3) is 3.52. The number of benzene rings is 1. The molecule has 0 bridgehead atoms. The molecule has 1 aliphatic rings. The maximum Gasteiger partial charge on any atom is 0.163 e. The fourth-order valence-electron chi connectivity index (χ4n) is 3.24. The van der Waals surface area contributed by atoms with E-state index in [1.165, 1.54) is 23.9 Å². The summed E-state index contributed by atoms with van der Waals surface area (Å²) < 4.78 is 40.8. The molecule has 2 aromatic heterocycles. The number of hydrogen-bond donors (Lipinski definition) is 0. The number of rotatable bonds is 4. The average molecular weight is 405 g/mol. The minimum atomic E-state index is -0.635. The Balaban J connectivity index is 1.68. The van der Waals surface area contributed by atoms with Gasteiger partial charge in [-0.3, -0.25) is 4.40 Å². The smallest absolute Gasteiger partial charge is 0.163 e. The minimum Gasteiger partial charge on any atom is -0.348 e. The summed E-state index contributed by atoms with van der Waals surface area (Å²) in [6, 6.07) is 7.23. The van der Waals surface area contributed by atoms with E-state index < -0.39 is 22.8 Å². The van der Waals surface area contributed by atoms with Gasteiger partial charge in [0.1, 0.15) is 17.5 Å². The van der Waals surface area contributed by atoms with Crippen LogP contribution in [0.4, 0.5) is 8.78 Å². The molecule has 8 heteroatoms. The van der Waals surface area contributed by atoms with Crippen LogP contribution in [-0.4, -0.2) is 33.1 Å². The van der Waals surface area contributed by atoms with Crippen molar-refractivity contribution in [1.29, 1.82) is 0 Å². The summed E-state index contributed by atoms with van der Waals surface area (Å²) in [5.41, 5.74) is 0.225. The first kappa shape index (κ1) is 19.3. The Morgan fingerprint density at radius 2 is 1.96 bits per heavy atom. The topological polar surface area (TPSA) is 48.7 Å². The summed E-state index contributed by atoms with van der Waals surface area (Å²) >= 11 is 1.22. The quantitative estimate of drug-likeness (QED) is 0.636. The van der Waals surface area contributed by atoms with Crippen LogP contribution in [0.1, 0.15) is 33.5 Å². The summed E-state index contributed by atoms with van der Waals surface area (Å²) in [6.07, 6.45) is 1.68. The first-order valence-corrected chi connectivity index (χ1v) is 9.77. The van der Waals surface area contributed by atoms with Crippen molar-refractivity contribution in [1.82, 2.24) is 14.6 Å². The van der Waals surface area contributed by atoms with E-state index in [2.05, 4.69) is 10.2 Å². The van der Waals surface area contributed by atoms with Gasteiger partial charge in [0.2, 0.25) is 0 Å². The summed E-state index contributed by atoms with van der Waals surface area (Å²) in [6.45, 7) is 8.31. The molecule has 1 aromatic carbocycles. The van der Waals surface area contributed by atoms with Crippen LogP contribution in [0.5, 0.6) is 0 Å². The van der Waals surface area contributed by atoms with Crippen LogP contribution < -0.4 is 0 Å². The summed E-state index contributed by atoms with van der Waals surface area (Å²) in [5.74, 6) is -1.09. The molecule has 0 aliphatic carbocycles. The molecule has 1 atom stereocenters. The fourth-order valence-corrected chi connectivity index (χ4v) is 4.08. The molecule has 1 unspecified atom stereocenters. The van der Waals surface area contributed by atoms with Gasteiger partial charge in [-0.15, -0.1) is 10.2 Å². The third-order valence-electron chi connectivity index (χ3n) is 4.89. The number of hydrogen-bond acceptors (Lipinski definition) is 5. The van der Waals surface area contributed by atoms with Crippen molar-refractivity contribution in [2.45, 2.75) is 54.8 Å². The van der Waals surface area contributed by atoms with Gasteiger partial charge in [0, 0.05) is 22.1 Å². The second-order valence-electron chi connectivity index (χ2n) is 7.83. The van der Waals surface area contributed by atoms with Crippen molar-refractivity contribution in [3.8, 4) is 0 Å². The minimum absolute atomic E-state index is 0.180. The third-order valence-corrected chi connectivity index (χ3v) is 5.91. The largest absolute Gasteiger partial charge is 0.348 e. The molecule has 3 aromatic rings. The molecule has 1 aliphatic heterocycles. The molecule has 0 amide bonds. The van der Waals surface area contributed by atoms with Crippen molar-refractivity contribution in [3.05, 3.63) is 54.0 Å².